The number of aliphatic hydroxyl groups excluding tert-OH is 1. The van der Waals surface area contributed by atoms with Crippen LogP contribution in [-0.4, -0.2) is 117 Å². The molecule has 0 aliphatic heterocycles. The van der Waals surface area contributed by atoms with Crippen LogP contribution < -0.4 is 0 Å². The van der Waals surface area contributed by atoms with Gasteiger partial charge in [0, 0.05) is 7.11 Å². The van der Waals surface area contributed by atoms with Crippen molar-refractivity contribution in [3.63, 3.8) is 0 Å². The summed E-state index contributed by atoms with van der Waals surface area (Å²) in [6.07, 6.45) is 0.307. The minimum atomic E-state index is -0.390. The topological polar surface area (TPSA) is 94.1 Å². The van der Waals surface area contributed by atoms with Crippen LogP contribution in [0.1, 0.15) is 13.3 Å². The molecule has 0 aromatic carbocycles. The second kappa shape index (κ2) is 24.7. The van der Waals surface area contributed by atoms with Gasteiger partial charge in [-0.05, 0) is 6.42 Å². The van der Waals surface area contributed by atoms with Crippen LogP contribution in [0.4, 0.5) is 0 Å². The van der Waals surface area contributed by atoms with Crippen LogP contribution >= 0.6 is 0 Å². The fourth-order valence-electron chi connectivity index (χ4n) is 1.80. The molecule has 0 aliphatic carbocycles. The van der Waals surface area contributed by atoms with E-state index < -0.39 is 6.10 Å². The second-order valence-electron chi connectivity index (χ2n) is 5.80. The molecule has 9 heteroatoms. The predicted molar refractivity (Wildman–Crippen MR) is 104 cm³/mol. The Labute approximate surface area is 169 Å². The van der Waals surface area contributed by atoms with E-state index in [0.717, 1.165) is 0 Å². The van der Waals surface area contributed by atoms with Crippen molar-refractivity contribution in [2.24, 2.45) is 0 Å². The Morgan fingerprint density at radius 1 is 0.500 bits per heavy atom. The van der Waals surface area contributed by atoms with Crippen molar-refractivity contribution in [1.29, 1.82) is 0 Å². The van der Waals surface area contributed by atoms with E-state index in [1.807, 2.05) is 6.92 Å². The van der Waals surface area contributed by atoms with Crippen molar-refractivity contribution >= 4 is 0 Å². The van der Waals surface area contributed by atoms with Crippen LogP contribution in [0, 0.1) is 0 Å². The molecular weight excluding hydrogens is 372 g/mol. The van der Waals surface area contributed by atoms with E-state index in [9.17, 15) is 5.11 Å². The zero-order valence-electron chi connectivity index (χ0n) is 17.6. The van der Waals surface area contributed by atoms with Gasteiger partial charge in [-0.1, -0.05) is 6.92 Å². The first kappa shape index (κ1) is 27.6. The third kappa shape index (κ3) is 23.7. The van der Waals surface area contributed by atoms with Gasteiger partial charge in [-0.3, -0.25) is 0 Å². The average Bonchev–Trinajstić information content (AvgIpc) is 2.71. The summed E-state index contributed by atoms with van der Waals surface area (Å²) in [5, 5.41) is 9.31. The predicted octanol–water partition coefficient (Wildman–Crippen LogP) is 0.520. The highest BCUT2D eigenvalue weighted by molar-refractivity contribution is 4.48. The number of ether oxygens (including phenoxy) is 8. The third-order valence-corrected chi connectivity index (χ3v) is 3.45. The van der Waals surface area contributed by atoms with Crippen LogP contribution in [0.5, 0.6) is 0 Å². The van der Waals surface area contributed by atoms with Crippen LogP contribution in [-0.2, 0) is 37.9 Å². The summed E-state index contributed by atoms with van der Waals surface area (Å²) in [6, 6.07) is 0. The largest absolute Gasteiger partial charge is 0.391 e. The summed E-state index contributed by atoms with van der Waals surface area (Å²) >= 11 is 0. The number of rotatable bonds is 24. The Hall–Kier alpha value is -0.360. The average molecular weight is 413 g/mol. The molecule has 0 spiro atoms. The Bertz CT molecular complexity index is 282. The smallest absolute Gasteiger partial charge is 0.0771 e. The van der Waals surface area contributed by atoms with E-state index in [0.29, 0.717) is 106 Å². The summed E-state index contributed by atoms with van der Waals surface area (Å²) < 4.78 is 42.3. The van der Waals surface area contributed by atoms with E-state index in [1.165, 1.54) is 0 Å². The van der Waals surface area contributed by atoms with Crippen molar-refractivity contribution in [2.45, 2.75) is 19.4 Å². The normalized spacial score (nSPS) is 12.5. The van der Waals surface area contributed by atoms with Gasteiger partial charge in [-0.2, -0.15) is 0 Å². The van der Waals surface area contributed by atoms with Crippen molar-refractivity contribution in [2.75, 3.05) is 106 Å². The summed E-state index contributed by atoms with van der Waals surface area (Å²) in [5.74, 6) is 0. The summed E-state index contributed by atoms with van der Waals surface area (Å²) in [5.41, 5.74) is 0. The first-order chi connectivity index (χ1) is 13.8. The molecule has 0 aliphatic rings. The van der Waals surface area contributed by atoms with Crippen molar-refractivity contribution in [3.05, 3.63) is 0 Å². The van der Waals surface area contributed by atoms with Gasteiger partial charge in [0.2, 0.25) is 0 Å². The first-order valence-electron chi connectivity index (χ1n) is 10.0. The molecule has 0 heterocycles. The maximum atomic E-state index is 9.31. The molecule has 0 saturated carbocycles. The summed E-state index contributed by atoms with van der Waals surface area (Å²) in [7, 11) is 1.64. The molecule has 0 bridgehead atoms. The van der Waals surface area contributed by atoms with Gasteiger partial charge in [0.15, 0.2) is 0 Å². The number of methoxy groups -OCH3 is 1. The molecular formula is C19H40O9. The van der Waals surface area contributed by atoms with E-state index in [4.69, 9.17) is 37.9 Å². The molecule has 9 nitrogen and oxygen atoms in total. The zero-order valence-corrected chi connectivity index (χ0v) is 17.6. The van der Waals surface area contributed by atoms with Gasteiger partial charge in [0.05, 0.1) is 105 Å². The van der Waals surface area contributed by atoms with Crippen LogP contribution in [0.3, 0.4) is 0 Å². The molecule has 0 amide bonds. The lowest BCUT2D eigenvalue weighted by Crippen LogP contribution is -2.17. The lowest BCUT2D eigenvalue weighted by atomic mass is 10.3. The fraction of sp³-hybridized carbons (Fsp3) is 1.00. The van der Waals surface area contributed by atoms with E-state index in [1.54, 1.807) is 7.11 Å². The van der Waals surface area contributed by atoms with Gasteiger partial charge in [0.1, 0.15) is 0 Å². The zero-order chi connectivity index (χ0) is 20.5. The molecule has 0 fully saturated rings. The van der Waals surface area contributed by atoms with Crippen molar-refractivity contribution < 1.29 is 43.0 Å². The van der Waals surface area contributed by atoms with Crippen LogP contribution in [0.25, 0.3) is 0 Å². The minimum Gasteiger partial charge on any atom is -0.391 e. The second-order valence-corrected chi connectivity index (χ2v) is 5.80. The molecule has 1 atom stereocenters. The molecule has 0 radical (unpaired) electrons. The maximum Gasteiger partial charge on any atom is 0.0771 e. The quantitative estimate of drug-likeness (QED) is 0.228. The van der Waals surface area contributed by atoms with Crippen molar-refractivity contribution in [3.8, 4) is 0 Å². The van der Waals surface area contributed by atoms with Crippen LogP contribution in [0.2, 0.25) is 0 Å². The molecule has 1 N–H and O–H groups in total. The molecule has 0 rings (SSSR count). The standard InChI is InChI=1S/C19H40O9/c1-3-19(20)18-28-17-16-27-15-14-26-13-12-25-11-10-24-9-8-23-7-6-22-5-4-21-2/h19-20H,3-18H2,1-2H3. The van der Waals surface area contributed by atoms with Crippen molar-refractivity contribution in [1.82, 2.24) is 0 Å². The van der Waals surface area contributed by atoms with E-state index in [2.05, 4.69) is 0 Å². The Morgan fingerprint density at radius 2 is 0.786 bits per heavy atom. The molecule has 0 saturated heterocycles. The van der Waals surface area contributed by atoms with Gasteiger partial charge in [-0.15, -0.1) is 0 Å². The van der Waals surface area contributed by atoms with Gasteiger partial charge < -0.3 is 43.0 Å². The first-order valence-corrected chi connectivity index (χ1v) is 10.0. The third-order valence-electron chi connectivity index (χ3n) is 3.45. The van der Waals surface area contributed by atoms with E-state index in [-0.39, 0.29) is 0 Å². The molecule has 28 heavy (non-hydrogen) atoms. The van der Waals surface area contributed by atoms with Gasteiger partial charge in [0.25, 0.3) is 0 Å². The highest BCUT2D eigenvalue weighted by atomic mass is 16.6. The van der Waals surface area contributed by atoms with E-state index >= 15 is 0 Å². The lowest BCUT2D eigenvalue weighted by molar-refractivity contribution is -0.0265. The lowest BCUT2D eigenvalue weighted by Gasteiger charge is -2.09. The summed E-state index contributed by atoms with van der Waals surface area (Å²) in [4.78, 5) is 0. The monoisotopic (exact) mass is 412 g/mol. The fourth-order valence-corrected chi connectivity index (χ4v) is 1.80. The molecule has 1 unspecified atom stereocenters. The molecule has 0 aromatic heterocycles. The summed E-state index contributed by atoms with van der Waals surface area (Å²) in [6.45, 7) is 9.78. The van der Waals surface area contributed by atoms with Gasteiger partial charge >= 0.3 is 0 Å². The number of hydrogen-bond donors (Lipinski definition) is 1. The highest BCUT2D eigenvalue weighted by Gasteiger charge is 1.99. The van der Waals surface area contributed by atoms with Gasteiger partial charge in [-0.25, -0.2) is 0 Å². The highest BCUT2D eigenvalue weighted by Crippen LogP contribution is 1.91. The Morgan fingerprint density at radius 3 is 1.07 bits per heavy atom. The Balaban J connectivity index is 3.00. The number of aliphatic hydroxyl groups is 1. The number of hydrogen-bond acceptors (Lipinski definition) is 9. The maximum absolute atomic E-state index is 9.31. The molecule has 170 valence electrons. The minimum absolute atomic E-state index is 0.356. The Kier molecular flexibility index (Phi) is 24.4. The molecule has 0 aromatic rings. The SMILES string of the molecule is CCC(O)COCCOCCOCCOCCOCCOCCOCCOC. The van der Waals surface area contributed by atoms with Crippen LogP contribution in [0.15, 0.2) is 0 Å².